The molecular formula is C17H15Cl2N3O3S. The summed E-state index contributed by atoms with van der Waals surface area (Å²) in [4.78, 5) is 12.7. The van der Waals surface area contributed by atoms with Crippen LogP contribution in [-0.2, 0) is 17.1 Å². The van der Waals surface area contributed by atoms with Crippen LogP contribution in [0.5, 0.6) is 0 Å². The Morgan fingerprint density at radius 3 is 2.15 bits per heavy atom. The number of benzene rings is 2. The molecule has 2 aromatic carbocycles. The molecule has 3 rings (SSSR count). The molecular weight excluding hydrogens is 397 g/mol. The predicted molar refractivity (Wildman–Crippen MR) is 103 cm³/mol. The maximum absolute atomic E-state index is 12.8. The second-order valence-electron chi connectivity index (χ2n) is 5.65. The van der Waals surface area contributed by atoms with Crippen molar-refractivity contribution < 1.29 is 8.42 Å². The number of aromatic nitrogens is 2. The lowest BCUT2D eigenvalue weighted by Crippen LogP contribution is -2.23. The SMILES string of the molecule is Cc1c(NS(=O)(=O)c2cc(Cl)cc(Cl)c2)c(=O)n(-c2ccccc2)n1C. The quantitative estimate of drug-likeness (QED) is 0.712. The second-order valence-corrected chi connectivity index (χ2v) is 8.20. The van der Waals surface area contributed by atoms with Crippen molar-refractivity contribution in [1.82, 2.24) is 9.36 Å². The van der Waals surface area contributed by atoms with E-state index in [1.165, 1.54) is 22.9 Å². The topological polar surface area (TPSA) is 73.1 Å². The second kappa shape index (κ2) is 6.83. The van der Waals surface area contributed by atoms with Crippen LogP contribution >= 0.6 is 23.2 Å². The van der Waals surface area contributed by atoms with E-state index in [-0.39, 0.29) is 20.6 Å². The van der Waals surface area contributed by atoms with Crippen LogP contribution in [-0.4, -0.2) is 17.8 Å². The summed E-state index contributed by atoms with van der Waals surface area (Å²) >= 11 is 11.8. The molecule has 26 heavy (non-hydrogen) atoms. The van der Waals surface area contributed by atoms with Crippen molar-refractivity contribution in [2.24, 2.45) is 7.05 Å². The van der Waals surface area contributed by atoms with Crippen molar-refractivity contribution in [3.63, 3.8) is 0 Å². The fraction of sp³-hybridized carbons (Fsp3) is 0.118. The molecule has 1 N–H and O–H groups in total. The van der Waals surface area contributed by atoms with Gasteiger partial charge in [0.25, 0.3) is 15.6 Å². The number of rotatable bonds is 4. The number of anilines is 1. The molecule has 0 atom stereocenters. The summed E-state index contributed by atoms with van der Waals surface area (Å²) in [7, 11) is -2.36. The minimum Gasteiger partial charge on any atom is -0.283 e. The Balaban J connectivity index is 2.10. The van der Waals surface area contributed by atoms with E-state index in [1.807, 2.05) is 6.07 Å². The Labute approximate surface area is 160 Å². The Hall–Kier alpha value is -2.22. The van der Waals surface area contributed by atoms with Gasteiger partial charge in [0.05, 0.1) is 16.3 Å². The van der Waals surface area contributed by atoms with Gasteiger partial charge >= 0.3 is 0 Å². The van der Waals surface area contributed by atoms with Gasteiger partial charge in [0.2, 0.25) is 0 Å². The van der Waals surface area contributed by atoms with Crippen molar-refractivity contribution in [2.75, 3.05) is 4.72 Å². The summed E-state index contributed by atoms with van der Waals surface area (Å²) in [6.45, 7) is 1.66. The van der Waals surface area contributed by atoms with Gasteiger partial charge in [0.15, 0.2) is 0 Å². The van der Waals surface area contributed by atoms with Crippen LogP contribution in [0.2, 0.25) is 10.0 Å². The Morgan fingerprint density at radius 2 is 1.58 bits per heavy atom. The average molecular weight is 412 g/mol. The van der Waals surface area contributed by atoms with Gasteiger partial charge in [-0.15, -0.1) is 0 Å². The smallest absolute Gasteiger partial charge is 0.283 e. The molecule has 0 aliphatic heterocycles. The highest BCUT2D eigenvalue weighted by molar-refractivity contribution is 7.92. The molecule has 0 saturated carbocycles. The van der Waals surface area contributed by atoms with Crippen molar-refractivity contribution in [1.29, 1.82) is 0 Å². The van der Waals surface area contributed by atoms with Crippen molar-refractivity contribution in [3.05, 3.63) is 74.6 Å². The monoisotopic (exact) mass is 411 g/mol. The van der Waals surface area contributed by atoms with E-state index in [9.17, 15) is 13.2 Å². The van der Waals surface area contributed by atoms with Crippen LogP contribution in [0.4, 0.5) is 5.69 Å². The first-order valence-corrected chi connectivity index (χ1v) is 9.77. The van der Waals surface area contributed by atoms with E-state index in [1.54, 1.807) is 42.9 Å². The molecule has 0 spiro atoms. The van der Waals surface area contributed by atoms with Crippen LogP contribution in [0, 0.1) is 6.92 Å². The van der Waals surface area contributed by atoms with E-state index in [2.05, 4.69) is 4.72 Å². The highest BCUT2D eigenvalue weighted by Crippen LogP contribution is 2.24. The lowest BCUT2D eigenvalue weighted by molar-refractivity contribution is 0.601. The fourth-order valence-electron chi connectivity index (χ4n) is 2.56. The zero-order chi connectivity index (χ0) is 19.1. The van der Waals surface area contributed by atoms with E-state index < -0.39 is 15.6 Å². The van der Waals surface area contributed by atoms with Crippen LogP contribution in [0.3, 0.4) is 0 Å². The fourth-order valence-corrected chi connectivity index (χ4v) is 4.40. The van der Waals surface area contributed by atoms with Gasteiger partial charge in [0.1, 0.15) is 5.69 Å². The first-order chi connectivity index (χ1) is 12.2. The lowest BCUT2D eigenvalue weighted by Gasteiger charge is -2.08. The summed E-state index contributed by atoms with van der Waals surface area (Å²) in [6.07, 6.45) is 0. The third-order valence-corrected chi connectivity index (χ3v) is 5.70. The van der Waals surface area contributed by atoms with Crippen LogP contribution in [0.25, 0.3) is 5.69 Å². The molecule has 0 unspecified atom stereocenters. The van der Waals surface area contributed by atoms with Gasteiger partial charge < -0.3 is 0 Å². The van der Waals surface area contributed by atoms with Gasteiger partial charge in [0, 0.05) is 17.1 Å². The molecule has 136 valence electrons. The van der Waals surface area contributed by atoms with Crippen molar-refractivity contribution >= 4 is 38.9 Å². The Kier molecular flexibility index (Phi) is 4.88. The summed E-state index contributed by atoms with van der Waals surface area (Å²) in [6, 6.07) is 12.9. The van der Waals surface area contributed by atoms with E-state index in [4.69, 9.17) is 23.2 Å². The number of hydrogen-bond acceptors (Lipinski definition) is 3. The minimum absolute atomic E-state index is 0.0348. The van der Waals surface area contributed by atoms with E-state index in [0.29, 0.717) is 11.4 Å². The molecule has 0 bridgehead atoms. The zero-order valence-corrected chi connectivity index (χ0v) is 16.2. The minimum atomic E-state index is -4.03. The highest BCUT2D eigenvalue weighted by Gasteiger charge is 2.23. The largest absolute Gasteiger partial charge is 0.296 e. The Bertz CT molecular complexity index is 1120. The van der Waals surface area contributed by atoms with Crippen LogP contribution < -0.4 is 10.3 Å². The first-order valence-electron chi connectivity index (χ1n) is 7.53. The molecule has 1 aromatic heterocycles. The Morgan fingerprint density at radius 1 is 1.00 bits per heavy atom. The van der Waals surface area contributed by atoms with Crippen molar-refractivity contribution in [2.45, 2.75) is 11.8 Å². The average Bonchev–Trinajstić information content (AvgIpc) is 2.78. The maximum atomic E-state index is 12.8. The molecule has 9 heteroatoms. The number of hydrogen-bond donors (Lipinski definition) is 1. The lowest BCUT2D eigenvalue weighted by atomic mass is 10.3. The zero-order valence-electron chi connectivity index (χ0n) is 13.9. The van der Waals surface area contributed by atoms with E-state index >= 15 is 0 Å². The molecule has 0 fully saturated rings. The number of nitrogens with one attached hydrogen (secondary N) is 1. The summed E-state index contributed by atoms with van der Waals surface area (Å²) in [5.74, 6) is 0. The molecule has 0 amide bonds. The van der Waals surface area contributed by atoms with Crippen molar-refractivity contribution in [3.8, 4) is 5.69 Å². The van der Waals surface area contributed by atoms with Crippen LogP contribution in [0.1, 0.15) is 5.69 Å². The first kappa shape index (κ1) is 18.6. The molecule has 0 aliphatic carbocycles. The summed E-state index contributed by atoms with van der Waals surface area (Å²) in [5, 5.41) is 0.369. The van der Waals surface area contributed by atoms with Gasteiger partial charge in [-0.2, -0.15) is 0 Å². The van der Waals surface area contributed by atoms with E-state index in [0.717, 1.165) is 0 Å². The molecule has 3 aromatic rings. The van der Waals surface area contributed by atoms with Gasteiger partial charge in [-0.1, -0.05) is 41.4 Å². The number of nitrogens with zero attached hydrogens (tertiary/aromatic N) is 2. The number of para-hydroxylation sites is 1. The molecule has 1 heterocycles. The summed E-state index contributed by atoms with van der Waals surface area (Å²) in [5.41, 5.74) is 0.579. The van der Waals surface area contributed by atoms with Crippen LogP contribution in [0.15, 0.2) is 58.2 Å². The highest BCUT2D eigenvalue weighted by atomic mass is 35.5. The standard InChI is InChI=1S/C17H15Cl2N3O3S/c1-11-16(17(23)22(21(11)2)14-6-4-3-5-7-14)20-26(24,25)15-9-12(18)8-13(19)10-15/h3-10,20H,1-2H3. The molecule has 0 radical (unpaired) electrons. The van der Waals surface area contributed by atoms with Gasteiger partial charge in [-0.05, 0) is 37.3 Å². The number of halogens is 2. The molecule has 6 nitrogen and oxygen atoms in total. The third-order valence-electron chi connectivity index (χ3n) is 3.94. The molecule has 0 saturated heterocycles. The maximum Gasteiger partial charge on any atom is 0.296 e. The van der Waals surface area contributed by atoms with Gasteiger partial charge in [-0.25, -0.2) is 13.1 Å². The predicted octanol–water partition coefficient (Wildman–Crippen LogP) is 3.59. The third kappa shape index (κ3) is 3.38. The normalized spacial score (nSPS) is 11.5. The van der Waals surface area contributed by atoms with Gasteiger partial charge in [-0.3, -0.25) is 14.2 Å². The summed E-state index contributed by atoms with van der Waals surface area (Å²) < 4.78 is 30.7. The number of sulfonamides is 1. The molecule has 0 aliphatic rings.